The number of aromatic amines is 1. The van der Waals surface area contributed by atoms with E-state index >= 15 is 0 Å². The summed E-state index contributed by atoms with van der Waals surface area (Å²) in [6.07, 6.45) is 1.94. The standard InChI is InChI=1S/C12H12BrFN2O2.ClH/c1-18-12(17)9(15)4-6-5-16-11-8(14)3-2-7(13)10(6)11;/h2-3,5,9,16H,4,15H2,1H3;1H. The summed E-state index contributed by atoms with van der Waals surface area (Å²) >= 11 is 3.36. The maximum Gasteiger partial charge on any atom is 0.322 e. The summed E-state index contributed by atoms with van der Waals surface area (Å²) in [5.41, 5.74) is 6.87. The highest BCUT2D eigenvalue weighted by molar-refractivity contribution is 9.10. The van der Waals surface area contributed by atoms with E-state index in [2.05, 4.69) is 25.7 Å². The molecule has 7 heteroatoms. The molecule has 1 aromatic heterocycles. The minimum Gasteiger partial charge on any atom is -0.468 e. The van der Waals surface area contributed by atoms with Gasteiger partial charge in [-0.2, -0.15) is 0 Å². The number of halogens is 3. The van der Waals surface area contributed by atoms with Crippen LogP contribution in [0.5, 0.6) is 0 Å². The van der Waals surface area contributed by atoms with E-state index in [1.807, 2.05) is 0 Å². The van der Waals surface area contributed by atoms with Gasteiger partial charge in [0.1, 0.15) is 11.9 Å². The van der Waals surface area contributed by atoms with Gasteiger partial charge in [0.2, 0.25) is 0 Å². The van der Waals surface area contributed by atoms with E-state index in [4.69, 9.17) is 5.73 Å². The predicted molar refractivity (Wildman–Crippen MR) is 76.9 cm³/mol. The molecule has 0 fully saturated rings. The molecule has 0 saturated heterocycles. The molecule has 1 unspecified atom stereocenters. The van der Waals surface area contributed by atoms with Gasteiger partial charge in [-0.1, -0.05) is 15.9 Å². The van der Waals surface area contributed by atoms with Crippen molar-refractivity contribution in [1.82, 2.24) is 4.98 Å². The normalized spacial score (nSPS) is 12.0. The molecule has 0 aliphatic heterocycles. The summed E-state index contributed by atoms with van der Waals surface area (Å²) in [7, 11) is 1.28. The number of hydrogen-bond donors (Lipinski definition) is 2. The lowest BCUT2D eigenvalue weighted by Crippen LogP contribution is -2.33. The summed E-state index contributed by atoms with van der Waals surface area (Å²) in [6, 6.07) is 2.23. The van der Waals surface area contributed by atoms with Crippen LogP contribution in [0.4, 0.5) is 4.39 Å². The molecular weight excluding hydrogens is 338 g/mol. The van der Waals surface area contributed by atoms with Gasteiger partial charge in [0.15, 0.2) is 0 Å². The van der Waals surface area contributed by atoms with Crippen LogP contribution in [0.25, 0.3) is 10.9 Å². The monoisotopic (exact) mass is 350 g/mol. The van der Waals surface area contributed by atoms with Crippen LogP contribution >= 0.6 is 28.3 Å². The highest BCUT2D eigenvalue weighted by atomic mass is 79.9. The van der Waals surface area contributed by atoms with Gasteiger partial charge in [-0.25, -0.2) is 4.39 Å². The summed E-state index contributed by atoms with van der Waals surface area (Å²) in [4.78, 5) is 14.1. The van der Waals surface area contributed by atoms with Gasteiger partial charge in [0.25, 0.3) is 0 Å². The van der Waals surface area contributed by atoms with Crippen molar-refractivity contribution in [3.8, 4) is 0 Å². The minimum atomic E-state index is -0.760. The molecule has 3 N–H and O–H groups in total. The summed E-state index contributed by atoms with van der Waals surface area (Å²) in [5.74, 6) is -0.831. The van der Waals surface area contributed by atoms with Crippen LogP contribution in [0, 0.1) is 5.82 Å². The fourth-order valence-electron chi connectivity index (χ4n) is 1.87. The third-order valence-corrected chi connectivity index (χ3v) is 3.42. The third-order valence-electron chi connectivity index (χ3n) is 2.76. The Balaban J connectivity index is 0.00000180. The molecule has 2 aromatic rings. The van der Waals surface area contributed by atoms with Crippen molar-refractivity contribution in [3.05, 3.63) is 34.2 Å². The maximum absolute atomic E-state index is 13.6. The van der Waals surface area contributed by atoms with Crippen molar-refractivity contribution in [2.24, 2.45) is 5.73 Å². The topological polar surface area (TPSA) is 68.1 Å². The van der Waals surface area contributed by atoms with E-state index in [0.717, 1.165) is 10.0 Å². The Bertz CT molecular complexity index is 603. The largest absolute Gasteiger partial charge is 0.468 e. The first-order chi connectivity index (χ1) is 8.54. The number of esters is 1. The number of carbonyl (C=O) groups is 1. The summed E-state index contributed by atoms with van der Waals surface area (Å²) in [6.45, 7) is 0. The predicted octanol–water partition coefficient (Wildman–Crippen LogP) is 2.53. The van der Waals surface area contributed by atoms with Crippen LogP contribution in [-0.2, 0) is 16.0 Å². The van der Waals surface area contributed by atoms with Gasteiger partial charge >= 0.3 is 5.97 Å². The van der Waals surface area contributed by atoms with E-state index in [0.29, 0.717) is 10.9 Å². The number of H-pyrrole nitrogens is 1. The summed E-state index contributed by atoms with van der Waals surface area (Å²) < 4.78 is 18.9. The van der Waals surface area contributed by atoms with Crippen LogP contribution in [0.15, 0.2) is 22.8 Å². The number of carbonyl (C=O) groups excluding carboxylic acids is 1. The van der Waals surface area contributed by atoms with Crippen LogP contribution in [0.3, 0.4) is 0 Å². The average Bonchev–Trinajstić information content (AvgIpc) is 2.78. The van der Waals surface area contributed by atoms with Crippen LogP contribution in [0.1, 0.15) is 5.56 Å². The van der Waals surface area contributed by atoms with Crippen molar-refractivity contribution in [3.63, 3.8) is 0 Å². The van der Waals surface area contributed by atoms with E-state index in [9.17, 15) is 9.18 Å². The lowest BCUT2D eigenvalue weighted by atomic mass is 10.1. The molecule has 1 atom stereocenters. The molecule has 0 saturated carbocycles. The first kappa shape index (κ1) is 15.9. The number of methoxy groups -OCH3 is 1. The zero-order valence-corrected chi connectivity index (χ0v) is 12.5. The van der Waals surface area contributed by atoms with Crippen LogP contribution in [-0.4, -0.2) is 24.1 Å². The fourth-order valence-corrected chi connectivity index (χ4v) is 2.46. The van der Waals surface area contributed by atoms with Crippen LogP contribution < -0.4 is 5.73 Å². The molecule has 0 aliphatic rings. The first-order valence-corrected chi connectivity index (χ1v) is 6.11. The molecule has 19 heavy (non-hydrogen) atoms. The maximum atomic E-state index is 13.6. The zero-order valence-electron chi connectivity index (χ0n) is 10.1. The molecule has 2 rings (SSSR count). The minimum absolute atomic E-state index is 0. The van der Waals surface area contributed by atoms with Crippen molar-refractivity contribution in [1.29, 1.82) is 0 Å². The Labute approximate surface area is 124 Å². The fraction of sp³-hybridized carbons (Fsp3) is 0.250. The quantitative estimate of drug-likeness (QED) is 0.835. The SMILES string of the molecule is COC(=O)C(N)Cc1c[nH]c2c(F)ccc(Br)c12.Cl. The number of nitrogens with two attached hydrogens (primary N) is 1. The second kappa shape index (κ2) is 6.36. The number of ether oxygens (including phenoxy) is 1. The first-order valence-electron chi connectivity index (χ1n) is 5.32. The van der Waals surface area contributed by atoms with E-state index in [1.165, 1.54) is 13.2 Å². The number of rotatable bonds is 3. The van der Waals surface area contributed by atoms with Crippen molar-refractivity contribution in [2.45, 2.75) is 12.5 Å². The van der Waals surface area contributed by atoms with Gasteiger partial charge in [0, 0.05) is 22.5 Å². The molecule has 4 nitrogen and oxygen atoms in total. The number of aromatic nitrogens is 1. The molecule has 104 valence electrons. The highest BCUT2D eigenvalue weighted by Crippen LogP contribution is 2.29. The smallest absolute Gasteiger partial charge is 0.322 e. The average molecular weight is 352 g/mol. The van der Waals surface area contributed by atoms with Gasteiger partial charge in [0.05, 0.1) is 12.6 Å². The molecule has 0 bridgehead atoms. The number of hydrogen-bond acceptors (Lipinski definition) is 3. The molecule has 0 aliphatic carbocycles. The number of fused-ring (bicyclic) bond motifs is 1. The lowest BCUT2D eigenvalue weighted by Gasteiger charge is -2.08. The molecule has 1 heterocycles. The van der Waals surface area contributed by atoms with Crippen molar-refractivity contribution in [2.75, 3.05) is 7.11 Å². The van der Waals surface area contributed by atoms with Crippen molar-refractivity contribution >= 4 is 45.2 Å². The van der Waals surface area contributed by atoms with Crippen molar-refractivity contribution < 1.29 is 13.9 Å². The molecule has 1 aromatic carbocycles. The third kappa shape index (κ3) is 3.08. The second-order valence-electron chi connectivity index (χ2n) is 3.93. The van der Waals surface area contributed by atoms with E-state index in [-0.39, 0.29) is 24.6 Å². The van der Waals surface area contributed by atoms with E-state index in [1.54, 1.807) is 12.3 Å². The Hall–Kier alpha value is -1.11. The molecule has 0 spiro atoms. The molecule has 0 radical (unpaired) electrons. The highest BCUT2D eigenvalue weighted by Gasteiger charge is 2.18. The van der Waals surface area contributed by atoms with Gasteiger partial charge in [-0.3, -0.25) is 4.79 Å². The van der Waals surface area contributed by atoms with E-state index < -0.39 is 12.0 Å². The van der Waals surface area contributed by atoms with Gasteiger partial charge in [-0.05, 0) is 17.7 Å². The van der Waals surface area contributed by atoms with Crippen LogP contribution in [0.2, 0.25) is 0 Å². The van der Waals surface area contributed by atoms with Gasteiger partial charge in [-0.15, -0.1) is 12.4 Å². The number of benzene rings is 1. The molecular formula is C12H13BrClFN2O2. The summed E-state index contributed by atoms with van der Waals surface area (Å²) in [5, 5.41) is 0.703. The van der Waals surface area contributed by atoms with Gasteiger partial charge < -0.3 is 15.5 Å². The zero-order chi connectivity index (χ0) is 13.3. The Kier molecular flexibility index (Phi) is 5.34. The lowest BCUT2D eigenvalue weighted by molar-refractivity contribution is -0.142. The molecule has 0 amide bonds. The number of nitrogens with one attached hydrogen (secondary N) is 1. The Morgan fingerprint density at radius 1 is 1.58 bits per heavy atom. The Morgan fingerprint density at radius 2 is 2.26 bits per heavy atom. The second-order valence-corrected chi connectivity index (χ2v) is 4.78. The Morgan fingerprint density at radius 3 is 2.89 bits per heavy atom.